The molecule has 3 nitrogen and oxygen atoms in total. The Labute approximate surface area is 68.6 Å². The summed E-state index contributed by atoms with van der Waals surface area (Å²) in [5.74, 6) is 0.970. The van der Waals surface area contributed by atoms with E-state index in [4.69, 9.17) is 0 Å². The topological polar surface area (TPSA) is 29.9 Å². The number of thiophene rings is 1. The summed E-state index contributed by atoms with van der Waals surface area (Å²) in [4.78, 5) is 0. The van der Waals surface area contributed by atoms with Crippen LogP contribution in [0.15, 0.2) is 11.4 Å². The predicted octanol–water partition coefficient (Wildman–Crippen LogP) is 1.68. The molecule has 0 amide bonds. The second-order valence-corrected chi connectivity index (χ2v) is 3.27. The minimum absolute atomic E-state index is 0.970. The molecule has 0 aliphatic carbocycles. The number of aromatic nitrogens is 2. The summed E-state index contributed by atoms with van der Waals surface area (Å²) in [6.07, 6.45) is 0. The lowest BCUT2D eigenvalue weighted by molar-refractivity contribution is 0.800. The molecule has 2 rings (SSSR count). The summed E-state index contributed by atoms with van der Waals surface area (Å²) in [7, 11) is 3.84. The van der Waals surface area contributed by atoms with E-state index in [9.17, 15) is 0 Å². The number of nitrogens with zero attached hydrogens (tertiary/aromatic N) is 2. The Morgan fingerprint density at radius 1 is 1.64 bits per heavy atom. The number of rotatable bonds is 1. The zero-order valence-electron chi connectivity index (χ0n) is 6.46. The van der Waals surface area contributed by atoms with Crippen molar-refractivity contribution in [1.29, 1.82) is 0 Å². The van der Waals surface area contributed by atoms with Gasteiger partial charge in [0.25, 0.3) is 0 Å². The van der Waals surface area contributed by atoms with Crippen LogP contribution in [0.2, 0.25) is 0 Å². The molecule has 2 aromatic rings. The Morgan fingerprint density at radius 2 is 2.45 bits per heavy atom. The second-order valence-electron chi connectivity index (χ2n) is 2.36. The van der Waals surface area contributed by atoms with Crippen LogP contribution in [0.5, 0.6) is 0 Å². The lowest BCUT2D eigenvalue weighted by atomic mass is 10.5. The number of hydrogen-bond donors (Lipinski definition) is 1. The number of nitrogens with one attached hydrogen (secondary N) is 1. The number of fused-ring (bicyclic) bond motifs is 1. The van der Waals surface area contributed by atoms with E-state index < -0.39 is 0 Å². The highest BCUT2D eigenvalue weighted by molar-refractivity contribution is 7.17. The highest BCUT2D eigenvalue weighted by Crippen LogP contribution is 2.26. The van der Waals surface area contributed by atoms with Gasteiger partial charge in [-0.1, -0.05) is 0 Å². The summed E-state index contributed by atoms with van der Waals surface area (Å²) in [6.45, 7) is 0. The van der Waals surface area contributed by atoms with Crippen molar-refractivity contribution >= 4 is 27.4 Å². The van der Waals surface area contributed by atoms with Crippen LogP contribution in [0.4, 0.5) is 5.82 Å². The van der Waals surface area contributed by atoms with Gasteiger partial charge in [-0.15, -0.1) is 11.3 Å². The molecule has 0 bridgehead atoms. The smallest absolute Gasteiger partial charge is 0.165 e. The molecular weight excluding hydrogens is 158 g/mol. The second kappa shape index (κ2) is 2.23. The first kappa shape index (κ1) is 6.67. The molecule has 0 saturated carbocycles. The van der Waals surface area contributed by atoms with E-state index >= 15 is 0 Å². The molecular formula is C7H9N3S. The lowest BCUT2D eigenvalue weighted by Crippen LogP contribution is -1.92. The summed E-state index contributed by atoms with van der Waals surface area (Å²) < 4.78 is 3.12. The Morgan fingerprint density at radius 3 is 3.18 bits per heavy atom. The molecule has 0 spiro atoms. The summed E-state index contributed by atoms with van der Waals surface area (Å²) in [6, 6.07) is 2.08. The third-order valence-corrected chi connectivity index (χ3v) is 2.61. The first-order valence-electron chi connectivity index (χ1n) is 3.41. The van der Waals surface area contributed by atoms with Crippen molar-refractivity contribution < 1.29 is 0 Å². The van der Waals surface area contributed by atoms with Crippen LogP contribution in [0.25, 0.3) is 10.2 Å². The zero-order chi connectivity index (χ0) is 7.84. The SMILES string of the molecule is CNc1nn(C)c2ccsc12. The van der Waals surface area contributed by atoms with E-state index in [1.807, 2.05) is 18.8 Å². The van der Waals surface area contributed by atoms with Crippen molar-refractivity contribution in [3.05, 3.63) is 11.4 Å². The van der Waals surface area contributed by atoms with Gasteiger partial charge in [0, 0.05) is 14.1 Å². The van der Waals surface area contributed by atoms with Crippen molar-refractivity contribution in [3.63, 3.8) is 0 Å². The predicted molar refractivity (Wildman–Crippen MR) is 48.1 cm³/mol. The summed E-state index contributed by atoms with van der Waals surface area (Å²) in [5.41, 5.74) is 1.19. The highest BCUT2D eigenvalue weighted by atomic mass is 32.1. The van der Waals surface area contributed by atoms with Crippen molar-refractivity contribution in [2.24, 2.45) is 7.05 Å². The fourth-order valence-corrected chi connectivity index (χ4v) is 2.06. The molecule has 4 heteroatoms. The summed E-state index contributed by atoms with van der Waals surface area (Å²) >= 11 is 1.71. The standard InChI is InChI=1S/C7H9N3S/c1-8-7-6-5(3-4-11-6)10(2)9-7/h3-4H,1-2H3,(H,8,9). The molecule has 2 aromatic heterocycles. The zero-order valence-corrected chi connectivity index (χ0v) is 7.27. The molecule has 1 N–H and O–H groups in total. The van der Waals surface area contributed by atoms with Gasteiger partial charge in [-0.05, 0) is 11.4 Å². The lowest BCUT2D eigenvalue weighted by Gasteiger charge is -1.89. The molecule has 2 heterocycles. The van der Waals surface area contributed by atoms with E-state index in [2.05, 4.69) is 21.9 Å². The van der Waals surface area contributed by atoms with Crippen LogP contribution in [0.3, 0.4) is 0 Å². The average Bonchev–Trinajstić information content (AvgIpc) is 2.54. The number of anilines is 1. The van der Waals surface area contributed by atoms with Gasteiger partial charge in [0.05, 0.1) is 10.2 Å². The van der Waals surface area contributed by atoms with Gasteiger partial charge in [0.2, 0.25) is 0 Å². The maximum Gasteiger partial charge on any atom is 0.165 e. The molecule has 0 aliphatic heterocycles. The van der Waals surface area contributed by atoms with Gasteiger partial charge >= 0.3 is 0 Å². The molecule has 0 aliphatic rings. The van der Waals surface area contributed by atoms with Crippen molar-refractivity contribution in [2.45, 2.75) is 0 Å². The third-order valence-electron chi connectivity index (χ3n) is 1.69. The molecule has 0 fully saturated rings. The van der Waals surface area contributed by atoms with Crippen LogP contribution >= 0.6 is 11.3 Å². The third kappa shape index (κ3) is 0.826. The molecule has 0 radical (unpaired) electrons. The van der Waals surface area contributed by atoms with Crippen LogP contribution in [-0.2, 0) is 7.05 Å². The first-order valence-corrected chi connectivity index (χ1v) is 4.29. The van der Waals surface area contributed by atoms with Crippen LogP contribution in [0.1, 0.15) is 0 Å². The quantitative estimate of drug-likeness (QED) is 0.700. The van der Waals surface area contributed by atoms with Crippen molar-refractivity contribution in [2.75, 3.05) is 12.4 Å². The number of hydrogen-bond acceptors (Lipinski definition) is 3. The van der Waals surface area contributed by atoms with Gasteiger partial charge in [-0.2, -0.15) is 5.10 Å². The average molecular weight is 167 g/mol. The minimum atomic E-state index is 0.970. The first-order chi connectivity index (χ1) is 5.33. The Balaban J connectivity index is 2.80. The summed E-state index contributed by atoms with van der Waals surface area (Å²) in [5, 5.41) is 9.42. The Bertz CT molecular complexity index is 374. The highest BCUT2D eigenvalue weighted by Gasteiger charge is 2.06. The maximum atomic E-state index is 4.28. The van der Waals surface area contributed by atoms with Crippen molar-refractivity contribution in [1.82, 2.24) is 9.78 Å². The molecule has 0 aromatic carbocycles. The van der Waals surface area contributed by atoms with E-state index in [0.717, 1.165) is 5.82 Å². The molecule has 0 atom stereocenters. The molecule has 0 unspecified atom stereocenters. The van der Waals surface area contributed by atoms with Crippen LogP contribution in [-0.4, -0.2) is 16.8 Å². The Kier molecular flexibility index (Phi) is 1.35. The van der Waals surface area contributed by atoms with Crippen LogP contribution < -0.4 is 5.32 Å². The van der Waals surface area contributed by atoms with E-state index in [1.165, 1.54) is 10.2 Å². The number of aryl methyl sites for hydroxylation is 1. The van der Waals surface area contributed by atoms with Gasteiger partial charge in [0.15, 0.2) is 5.82 Å². The Hall–Kier alpha value is -1.03. The van der Waals surface area contributed by atoms with E-state index in [-0.39, 0.29) is 0 Å². The fraction of sp³-hybridized carbons (Fsp3) is 0.286. The van der Waals surface area contributed by atoms with Gasteiger partial charge in [0.1, 0.15) is 0 Å². The maximum absolute atomic E-state index is 4.28. The molecule has 11 heavy (non-hydrogen) atoms. The van der Waals surface area contributed by atoms with Crippen LogP contribution in [0, 0.1) is 0 Å². The monoisotopic (exact) mass is 167 g/mol. The fourth-order valence-electron chi connectivity index (χ4n) is 1.15. The molecule has 58 valence electrons. The minimum Gasteiger partial charge on any atom is -0.370 e. The van der Waals surface area contributed by atoms with Gasteiger partial charge in [-0.25, -0.2) is 0 Å². The normalized spacial score (nSPS) is 10.7. The van der Waals surface area contributed by atoms with E-state index in [0.29, 0.717) is 0 Å². The van der Waals surface area contributed by atoms with Gasteiger partial charge in [-0.3, -0.25) is 4.68 Å². The van der Waals surface area contributed by atoms with Gasteiger partial charge < -0.3 is 5.32 Å². The van der Waals surface area contributed by atoms with E-state index in [1.54, 1.807) is 11.3 Å². The molecule has 0 saturated heterocycles. The van der Waals surface area contributed by atoms with Crippen molar-refractivity contribution in [3.8, 4) is 0 Å². The largest absolute Gasteiger partial charge is 0.370 e.